The Morgan fingerprint density at radius 3 is 2.53 bits per heavy atom. The third-order valence-corrected chi connectivity index (χ3v) is 5.93. The van der Waals surface area contributed by atoms with Crippen molar-refractivity contribution in [2.75, 3.05) is 12.8 Å². The Balaban J connectivity index is 2.82. The average molecular weight is 233 g/mol. The Morgan fingerprint density at radius 2 is 2.07 bits per heavy atom. The van der Waals surface area contributed by atoms with Crippen LogP contribution in [0.25, 0.3) is 0 Å². The molecular weight excluding hydrogens is 210 g/mol. The van der Waals surface area contributed by atoms with Crippen molar-refractivity contribution in [1.82, 2.24) is 5.32 Å². The monoisotopic (exact) mass is 233 g/mol. The third-order valence-electron chi connectivity index (χ3n) is 3.62. The molecule has 1 N–H and O–H groups in total. The molecule has 3 atom stereocenters. The number of rotatable bonds is 4. The lowest BCUT2D eigenvalue weighted by atomic mass is 9.93. The second-order valence-corrected chi connectivity index (χ2v) is 6.94. The predicted octanol–water partition coefficient (Wildman–Crippen LogP) is 1.59. The molecule has 90 valence electrons. The van der Waals surface area contributed by atoms with Gasteiger partial charge in [-0.15, -0.1) is 0 Å². The number of hydrogen-bond acceptors (Lipinski definition) is 3. The first-order valence-electron chi connectivity index (χ1n) is 5.91. The van der Waals surface area contributed by atoms with Crippen molar-refractivity contribution in [3.05, 3.63) is 0 Å². The Labute approximate surface area is 93.6 Å². The van der Waals surface area contributed by atoms with Crippen LogP contribution in [0, 0.1) is 5.92 Å². The number of sulfone groups is 1. The summed E-state index contributed by atoms with van der Waals surface area (Å²) < 4.78 is 23.9. The molecule has 3 unspecified atom stereocenters. The van der Waals surface area contributed by atoms with Gasteiger partial charge in [-0.1, -0.05) is 26.7 Å². The van der Waals surface area contributed by atoms with E-state index in [1.807, 2.05) is 7.05 Å². The van der Waals surface area contributed by atoms with Gasteiger partial charge in [0.05, 0.1) is 11.0 Å². The fourth-order valence-corrected chi connectivity index (χ4v) is 4.76. The summed E-state index contributed by atoms with van der Waals surface area (Å²) in [4.78, 5) is 0. The maximum absolute atomic E-state index is 12.0. The summed E-state index contributed by atoms with van der Waals surface area (Å²) in [6.45, 7) is 4.25. The first-order chi connectivity index (χ1) is 7.03. The Kier molecular flexibility index (Phi) is 4.59. The van der Waals surface area contributed by atoms with Gasteiger partial charge < -0.3 is 5.32 Å². The molecule has 0 aliphatic carbocycles. The van der Waals surface area contributed by atoms with E-state index in [1.165, 1.54) is 0 Å². The molecule has 0 saturated carbocycles. The van der Waals surface area contributed by atoms with Crippen LogP contribution in [-0.2, 0) is 9.84 Å². The lowest BCUT2D eigenvalue weighted by molar-refractivity contribution is 0.350. The lowest BCUT2D eigenvalue weighted by Crippen LogP contribution is -2.48. The maximum atomic E-state index is 12.0. The van der Waals surface area contributed by atoms with E-state index in [0.717, 1.165) is 25.7 Å². The molecule has 15 heavy (non-hydrogen) atoms. The van der Waals surface area contributed by atoms with Crippen molar-refractivity contribution < 1.29 is 8.42 Å². The van der Waals surface area contributed by atoms with E-state index in [4.69, 9.17) is 0 Å². The van der Waals surface area contributed by atoms with Crippen LogP contribution in [0.1, 0.15) is 39.5 Å². The highest BCUT2D eigenvalue weighted by Gasteiger charge is 2.36. The summed E-state index contributed by atoms with van der Waals surface area (Å²) in [6.07, 6.45) is 3.75. The molecule has 1 heterocycles. The van der Waals surface area contributed by atoms with E-state index in [0.29, 0.717) is 11.7 Å². The zero-order chi connectivity index (χ0) is 11.5. The number of hydrogen-bond donors (Lipinski definition) is 1. The normalized spacial score (nSPS) is 29.7. The average Bonchev–Trinajstić information content (AvgIpc) is 2.20. The molecule has 1 saturated heterocycles. The van der Waals surface area contributed by atoms with Crippen LogP contribution >= 0.6 is 0 Å². The van der Waals surface area contributed by atoms with Crippen molar-refractivity contribution in [2.24, 2.45) is 5.92 Å². The molecule has 0 aromatic heterocycles. The fourth-order valence-electron chi connectivity index (χ4n) is 2.47. The van der Waals surface area contributed by atoms with Crippen molar-refractivity contribution in [1.29, 1.82) is 0 Å². The zero-order valence-corrected chi connectivity index (χ0v) is 10.8. The van der Waals surface area contributed by atoms with Gasteiger partial charge in [0.2, 0.25) is 0 Å². The predicted molar refractivity (Wildman–Crippen MR) is 63.7 cm³/mol. The second kappa shape index (κ2) is 5.30. The second-order valence-electron chi connectivity index (χ2n) is 4.60. The maximum Gasteiger partial charge on any atom is 0.154 e. The molecule has 1 fully saturated rings. The molecule has 0 bridgehead atoms. The minimum atomic E-state index is -2.85. The highest BCUT2D eigenvalue weighted by molar-refractivity contribution is 7.92. The summed E-state index contributed by atoms with van der Waals surface area (Å²) >= 11 is 0. The lowest BCUT2D eigenvalue weighted by Gasteiger charge is -2.33. The summed E-state index contributed by atoms with van der Waals surface area (Å²) in [7, 11) is -0.977. The van der Waals surface area contributed by atoms with Gasteiger partial charge in [0.15, 0.2) is 9.84 Å². The van der Waals surface area contributed by atoms with Gasteiger partial charge in [-0.25, -0.2) is 8.42 Å². The van der Waals surface area contributed by atoms with Gasteiger partial charge in [0.25, 0.3) is 0 Å². The van der Waals surface area contributed by atoms with Crippen molar-refractivity contribution in [3.8, 4) is 0 Å². The minimum absolute atomic E-state index is 0.125. The molecule has 1 aliphatic rings. The molecule has 0 amide bonds. The molecule has 1 rings (SSSR count). The highest BCUT2D eigenvalue weighted by Crippen LogP contribution is 2.26. The van der Waals surface area contributed by atoms with Gasteiger partial charge in [-0.2, -0.15) is 0 Å². The van der Waals surface area contributed by atoms with Crippen LogP contribution in [0.3, 0.4) is 0 Å². The molecule has 0 aromatic carbocycles. The van der Waals surface area contributed by atoms with E-state index in [9.17, 15) is 8.42 Å². The standard InChI is InChI=1S/C11H23NO2S/c1-4-9(2)11(12-3)10-7-5-6-8-15(10,13)14/h9-12H,4-8H2,1-3H3. The summed E-state index contributed by atoms with van der Waals surface area (Å²) in [5.74, 6) is 0.805. The van der Waals surface area contributed by atoms with E-state index in [2.05, 4.69) is 19.2 Å². The Hall–Kier alpha value is -0.0900. The first-order valence-corrected chi connectivity index (χ1v) is 7.63. The number of nitrogens with one attached hydrogen (secondary N) is 1. The molecule has 1 aliphatic heterocycles. The van der Waals surface area contributed by atoms with Gasteiger partial charge in [-0.3, -0.25) is 0 Å². The Morgan fingerprint density at radius 1 is 1.40 bits per heavy atom. The van der Waals surface area contributed by atoms with E-state index in [1.54, 1.807) is 0 Å². The molecular formula is C11H23NO2S. The molecule has 4 heteroatoms. The van der Waals surface area contributed by atoms with Crippen LogP contribution in [0.2, 0.25) is 0 Å². The van der Waals surface area contributed by atoms with Gasteiger partial charge in [-0.05, 0) is 25.8 Å². The SMILES string of the molecule is CCC(C)C(NC)C1CCCCS1(=O)=O. The van der Waals surface area contributed by atoms with Crippen LogP contribution in [-0.4, -0.2) is 32.5 Å². The van der Waals surface area contributed by atoms with Crippen molar-refractivity contribution in [3.63, 3.8) is 0 Å². The molecule has 0 radical (unpaired) electrons. The van der Waals surface area contributed by atoms with Crippen LogP contribution in [0.5, 0.6) is 0 Å². The smallest absolute Gasteiger partial charge is 0.154 e. The quantitative estimate of drug-likeness (QED) is 0.802. The highest BCUT2D eigenvalue weighted by atomic mass is 32.2. The Bertz CT molecular complexity index is 287. The minimum Gasteiger partial charge on any atom is -0.315 e. The topological polar surface area (TPSA) is 46.2 Å². The van der Waals surface area contributed by atoms with Gasteiger partial charge >= 0.3 is 0 Å². The summed E-state index contributed by atoms with van der Waals surface area (Å²) in [5.41, 5.74) is 0. The summed E-state index contributed by atoms with van der Waals surface area (Å²) in [6, 6.07) is 0.125. The van der Waals surface area contributed by atoms with Crippen LogP contribution < -0.4 is 5.32 Å². The van der Waals surface area contributed by atoms with E-state index < -0.39 is 9.84 Å². The molecule has 0 spiro atoms. The van der Waals surface area contributed by atoms with Gasteiger partial charge in [0.1, 0.15) is 0 Å². The first kappa shape index (κ1) is 13.0. The fraction of sp³-hybridized carbons (Fsp3) is 1.00. The third kappa shape index (κ3) is 2.94. The van der Waals surface area contributed by atoms with E-state index >= 15 is 0 Å². The molecule has 0 aromatic rings. The van der Waals surface area contributed by atoms with Crippen LogP contribution in [0.15, 0.2) is 0 Å². The van der Waals surface area contributed by atoms with Crippen molar-refractivity contribution >= 4 is 9.84 Å². The summed E-state index contributed by atoms with van der Waals surface area (Å²) in [5, 5.41) is 3.04. The van der Waals surface area contributed by atoms with E-state index in [-0.39, 0.29) is 11.3 Å². The zero-order valence-electron chi connectivity index (χ0n) is 9.99. The van der Waals surface area contributed by atoms with Crippen LogP contribution in [0.4, 0.5) is 0 Å². The van der Waals surface area contributed by atoms with Crippen molar-refractivity contribution in [2.45, 2.75) is 50.8 Å². The largest absolute Gasteiger partial charge is 0.315 e. The molecule has 3 nitrogen and oxygen atoms in total. The van der Waals surface area contributed by atoms with Gasteiger partial charge in [0, 0.05) is 6.04 Å².